The summed E-state index contributed by atoms with van der Waals surface area (Å²) >= 11 is 0. The Kier molecular flexibility index (Phi) is 4.98. The Labute approximate surface area is 101 Å². The lowest BCUT2D eigenvalue weighted by Crippen LogP contribution is -2.43. The average molecular weight is 238 g/mol. The van der Waals surface area contributed by atoms with Gasteiger partial charge in [0, 0.05) is 12.0 Å². The first-order valence-corrected chi connectivity index (χ1v) is 5.74. The second kappa shape index (κ2) is 6.26. The van der Waals surface area contributed by atoms with E-state index in [1.807, 2.05) is 0 Å². The quantitative estimate of drug-likeness (QED) is 0.678. The van der Waals surface area contributed by atoms with Crippen LogP contribution in [0.4, 0.5) is 0 Å². The van der Waals surface area contributed by atoms with Crippen molar-refractivity contribution in [1.82, 2.24) is 4.90 Å². The van der Waals surface area contributed by atoms with Gasteiger partial charge in [0.1, 0.15) is 6.54 Å². The fraction of sp³-hybridized carbons (Fsp3) is 0.667. The van der Waals surface area contributed by atoms with E-state index in [9.17, 15) is 9.59 Å². The summed E-state index contributed by atoms with van der Waals surface area (Å²) in [6.45, 7) is -0.300. The number of rotatable bonds is 4. The van der Waals surface area contributed by atoms with Gasteiger partial charge in [-0.25, -0.2) is 0 Å². The minimum atomic E-state index is -1.05. The van der Waals surface area contributed by atoms with E-state index >= 15 is 0 Å². The number of carboxylic acids is 1. The molecule has 2 unspecified atom stereocenters. The normalized spacial score (nSPS) is 23.8. The monoisotopic (exact) mass is 238 g/mol. The number of terminal acetylenes is 1. The number of nitrogens with two attached hydrogens (primary N) is 1. The third kappa shape index (κ3) is 4.08. The topological polar surface area (TPSA) is 83.6 Å². The maximum atomic E-state index is 12.1. The number of aliphatic carboxylic acids is 1. The summed E-state index contributed by atoms with van der Waals surface area (Å²) in [5, 5.41) is 8.72. The number of carbonyl (C=O) groups excluding carboxylic acids is 1. The lowest BCUT2D eigenvalue weighted by Gasteiger charge is -2.29. The number of nitrogens with zero attached hydrogens (tertiary/aromatic N) is 1. The molecule has 0 radical (unpaired) electrons. The summed E-state index contributed by atoms with van der Waals surface area (Å²) in [6.07, 6.45) is 8.37. The number of hydrogen-bond acceptors (Lipinski definition) is 3. The second-order valence-electron chi connectivity index (χ2n) is 4.42. The van der Waals surface area contributed by atoms with Crippen molar-refractivity contribution in [1.29, 1.82) is 0 Å². The molecule has 0 aromatic carbocycles. The predicted octanol–water partition coefficient (Wildman–Crippen LogP) is 0.0503. The van der Waals surface area contributed by atoms with Crippen LogP contribution in [0.15, 0.2) is 0 Å². The van der Waals surface area contributed by atoms with E-state index in [-0.39, 0.29) is 31.0 Å². The van der Waals surface area contributed by atoms with Crippen LogP contribution in [0.25, 0.3) is 0 Å². The predicted molar refractivity (Wildman–Crippen MR) is 63.0 cm³/mol. The molecule has 1 aliphatic rings. The second-order valence-corrected chi connectivity index (χ2v) is 4.42. The Morgan fingerprint density at radius 1 is 1.47 bits per heavy atom. The summed E-state index contributed by atoms with van der Waals surface area (Å²) in [5.74, 6) is 0.913. The summed E-state index contributed by atoms with van der Waals surface area (Å²) in [6, 6.07) is 0.0372. The molecule has 3 N–H and O–H groups in total. The first kappa shape index (κ1) is 13.5. The maximum Gasteiger partial charge on any atom is 0.323 e. The van der Waals surface area contributed by atoms with Crippen LogP contribution in [0.1, 0.15) is 25.7 Å². The fourth-order valence-electron chi connectivity index (χ4n) is 2.20. The van der Waals surface area contributed by atoms with Crippen LogP contribution in [-0.2, 0) is 9.59 Å². The first-order chi connectivity index (χ1) is 8.04. The third-order valence-electron chi connectivity index (χ3n) is 2.98. The number of amides is 1. The minimum absolute atomic E-state index is 0.0372. The largest absolute Gasteiger partial charge is 0.480 e. The lowest BCUT2D eigenvalue weighted by atomic mass is 9.85. The van der Waals surface area contributed by atoms with Gasteiger partial charge in [-0.2, -0.15) is 0 Å². The Bertz CT molecular complexity index is 335. The summed E-state index contributed by atoms with van der Waals surface area (Å²) in [7, 11) is 0. The van der Waals surface area contributed by atoms with E-state index in [1.54, 1.807) is 0 Å². The molecular formula is C12H18N2O3. The Morgan fingerprint density at radius 2 is 2.18 bits per heavy atom. The minimum Gasteiger partial charge on any atom is -0.480 e. The van der Waals surface area contributed by atoms with Crippen LogP contribution >= 0.6 is 0 Å². The summed E-state index contributed by atoms with van der Waals surface area (Å²) in [5.41, 5.74) is 5.81. The van der Waals surface area contributed by atoms with Crippen molar-refractivity contribution in [2.24, 2.45) is 11.7 Å². The zero-order chi connectivity index (χ0) is 12.8. The van der Waals surface area contributed by atoms with Crippen LogP contribution in [0.2, 0.25) is 0 Å². The van der Waals surface area contributed by atoms with Crippen molar-refractivity contribution in [3.63, 3.8) is 0 Å². The van der Waals surface area contributed by atoms with Crippen molar-refractivity contribution in [3.8, 4) is 12.3 Å². The molecular weight excluding hydrogens is 220 g/mol. The van der Waals surface area contributed by atoms with E-state index < -0.39 is 5.97 Å². The van der Waals surface area contributed by atoms with E-state index in [0.717, 1.165) is 19.3 Å². The van der Waals surface area contributed by atoms with Crippen LogP contribution in [0.5, 0.6) is 0 Å². The smallest absolute Gasteiger partial charge is 0.323 e. The van der Waals surface area contributed by atoms with Crippen molar-refractivity contribution >= 4 is 11.9 Å². The average Bonchev–Trinajstić information content (AvgIpc) is 2.27. The molecule has 94 valence electrons. The van der Waals surface area contributed by atoms with Crippen molar-refractivity contribution in [3.05, 3.63) is 0 Å². The SMILES string of the molecule is C#CCN(CC(=O)O)C(=O)C1CCCC(N)C1. The molecule has 0 aliphatic heterocycles. The van der Waals surface area contributed by atoms with E-state index in [4.69, 9.17) is 17.3 Å². The highest BCUT2D eigenvalue weighted by molar-refractivity contribution is 5.83. The molecule has 1 amide bonds. The van der Waals surface area contributed by atoms with Crippen LogP contribution in [-0.4, -0.2) is 41.0 Å². The maximum absolute atomic E-state index is 12.1. The van der Waals surface area contributed by atoms with E-state index in [0.29, 0.717) is 6.42 Å². The zero-order valence-electron chi connectivity index (χ0n) is 9.76. The molecule has 0 bridgehead atoms. The molecule has 1 fully saturated rings. The highest BCUT2D eigenvalue weighted by Crippen LogP contribution is 2.24. The Balaban J connectivity index is 2.63. The van der Waals surface area contributed by atoms with Gasteiger partial charge in [-0.15, -0.1) is 6.42 Å². The molecule has 0 heterocycles. The molecule has 1 rings (SSSR count). The molecule has 5 nitrogen and oxygen atoms in total. The van der Waals surface area contributed by atoms with Crippen LogP contribution < -0.4 is 5.73 Å². The van der Waals surface area contributed by atoms with E-state index in [1.165, 1.54) is 4.90 Å². The van der Waals surface area contributed by atoms with Gasteiger partial charge in [-0.1, -0.05) is 12.3 Å². The first-order valence-electron chi connectivity index (χ1n) is 5.74. The fourth-order valence-corrected chi connectivity index (χ4v) is 2.20. The molecule has 17 heavy (non-hydrogen) atoms. The number of hydrogen-bond donors (Lipinski definition) is 2. The zero-order valence-corrected chi connectivity index (χ0v) is 9.76. The molecule has 0 saturated heterocycles. The Morgan fingerprint density at radius 3 is 2.71 bits per heavy atom. The van der Waals surface area contributed by atoms with Gasteiger partial charge in [-0.05, 0) is 19.3 Å². The molecule has 0 aromatic heterocycles. The van der Waals surface area contributed by atoms with Gasteiger partial charge in [0.15, 0.2) is 0 Å². The number of carbonyl (C=O) groups is 2. The molecule has 1 saturated carbocycles. The molecule has 5 heteroatoms. The summed E-state index contributed by atoms with van der Waals surface area (Å²) in [4.78, 5) is 23.9. The van der Waals surface area contributed by atoms with Gasteiger partial charge in [-0.3, -0.25) is 9.59 Å². The number of carboxylic acid groups (broad SMARTS) is 1. The van der Waals surface area contributed by atoms with Crippen LogP contribution in [0.3, 0.4) is 0 Å². The molecule has 1 aliphatic carbocycles. The Hall–Kier alpha value is -1.54. The van der Waals surface area contributed by atoms with Gasteiger partial charge < -0.3 is 15.7 Å². The third-order valence-corrected chi connectivity index (χ3v) is 2.98. The summed E-state index contributed by atoms with van der Waals surface area (Å²) < 4.78 is 0. The van der Waals surface area contributed by atoms with Gasteiger partial charge in [0.2, 0.25) is 5.91 Å². The van der Waals surface area contributed by atoms with Crippen LogP contribution in [0, 0.1) is 18.3 Å². The van der Waals surface area contributed by atoms with Crippen molar-refractivity contribution < 1.29 is 14.7 Å². The molecule has 0 spiro atoms. The molecule has 2 atom stereocenters. The van der Waals surface area contributed by atoms with Gasteiger partial charge in [0.05, 0.1) is 6.54 Å². The van der Waals surface area contributed by atoms with Crippen molar-refractivity contribution in [2.45, 2.75) is 31.7 Å². The highest BCUT2D eigenvalue weighted by atomic mass is 16.4. The van der Waals surface area contributed by atoms with Gasteiger partial charge >= 0.3 is 5.97 Å². The van der Waals surface area contributed by atoms with E-state index in [2.05, 4.69) is 5.92 Å². The standard InChI is InChI=1S/C12H18N2O3/c1-2-6-14(8-11(15)16)12(17)9-4-3-5-10(13)7-9/h1,9-10H,3-8,13H2,(H,15,16). The molecule has 0 aromatic rings. The highest BCUT2D eigenvalue weighted by Gasteiger charge is 2.29. The lowest BCUT2D eigenvalue weighted by molar-refractivity contribution is -0.146. The van der Waals surface area contributed by atoms with Gasteiger partial charge in [0.25, 0.3) is 0 Å². The van der Waals surface area contributed by atoms with Crippen molar-refractivity contribution in [2.75, 3.05) is 13.1 Å².